The molecule has 1 amide bonds. The Morgan fingerprint density at radius 2 is 1.75 bits per heavy atom. The standard InChI is InChI=1S/C12H27N3O/c1-10(11(16)15(6)7)13-8-12(2,3)9-14(4)5/h10,13H,8-9H2,1-7H3. The first-order valence-corrected chi connectivity index (χ1v) is 5.75. The monoisotopic (exact) mass is 229 g/mol. The molecule has 4 nitrogen and oxygen atoms in total. The number of hydrogen-bond acceptors (Lipinski definition) is 3. The Balaban J connectivity index is 4.09. The number of nitrogens with one attached hydrogen (secondary N) is 1. The Morgan fingerprint density at radius 1 is 1.25 bits per heavy atom. The SMILES string of the molecule is CC(NCC(C)(C)CN(C)C)C(=O)N(C)C. The summed E-state index contributed by atoms with van der Waals surface area (Å²) >= 11 is 0. The third-order valence-electron chi connectivity index (χ3n) is 2.44. The lowest BCUT2D eigenvalue weighted by molar-refractivity contribution is -0.130. The Kier molecular flexibility index (Phi) is 5.97. The van der Waals surface area contributed by atoms with Crippen molar-refractivity contribution in [3.63, 3.8) is 0 Å². The molecule has 0 bridgehead atoms. The van der Waals surface area contributed by atoms with Gasteiger partial charge in [-0.05, 0) is 26.4 Å². The van der Waals surface area contributed by atoms with Crippen LogP contribution in [0.2, 0.25) is 0 Å². The molecule has 0 aromatic carbocycles. The molecule has 0 radical (unpaired) electrons. The van der Waals surface area contributed by atoms with E-state index in [0.29, 0.717) is 0 Å². The molecule has 1 unspecified atom stereocenters. The van der Waals surface area contributed by atoms with E-state index in [4.69, 9.17) is 0 Å². The Labute approximate surface area is 100.0 Å². The van der Waals surface area contributed by atoms with E-state index in [0.717, 1.165) is 13.1 Å². The van der Waals surface area contributed by atoms with Gasteiger partial charge in [0.2, 0.25) is 5.91 Å². The fourth-order valence-electron chi connectivity index (χ4n) is 1.82. The van der Waals surface area contributed by atoms with Crippen LogP contribution in [-0.4, -0.2) is 63.0 Å². The lowest BCUT2D eigenvalue weighted by Gasteiger charge is -2.30. The van der Waals surface area contributed by atoms with Crippen molar-refractivity contribution in [3.05, 3.63) is 0 Å². The second-order valence-electron chi connectivity index (χ2n) is 5.74. The summed E-state index contributed by atoms with van der Waals surface area (Å²) in [7, 11) is 7.70. The number of rotatable bonds is 6. The average molecular weight is 229 g/mol. The topological polar surface area (TPSA) is 35.6 Å². The normalized spacial score (nSPS) is 14.0. The van der Waals surface area contributed by atoms with Crippen molar-refractivity contribution < 1.29 is 4.79 Å². The summed E-state index contributed by atoms with van der Waals surface area (Å²) in [5, 5.41) is 3.29. The Hall–Kier alpha value is -0.610. The van der Waals surface area contributed by atoms with E-state index in [-0.39, 0.29) is 17.4 Å². The molecule has 0 spiro atoms. The molecule has 0 heterocycles. The highest BCUT2D eigenvalue weighted by Gasteiger charge is 2.22. The van der Waals surface area contributed by atoms with Gasteiger partial charge in [0, 0.05) is 27.2 Å². The molecule has 0 aliphatic carbocycles. The minimum Gasteiger partial charge on any atom is -0.347 e. The summed E-state index contributed by atoms with van der Waals surface area (Å²) in [4.78, 5) is 15.4. The summed E-state index contributed by atoms with van der Waals surface area (Å²) < 4.78 is 0. The zero-order valence-electron chi connectivity index (χ0n) is 11.8. The lowest BCUT2D eigenvalue weighted by Crippen LogP contribution is -2.46. The molecule has 4 heteroatoms. The molecule has 0 aliphatic rings. The van der Waals surface area contributed by atoms with Crippen LogP contribution >= 0.6 is 0 Å². The summed E-state index contributed by atoms with van der Waals surface area (Å²) in [6.45, 7) is 8.16. The highest BCUT2D eigenvalue weighted by Crippen LogP contribution is 2.14. The first-order chi connectivity index (χ1) is 7.15. The fraction of sp³-hybridized carbons (Fsp3) is 0.917. The van der Waals surface area contributed by atoms with Crippen LogP contribution in [0.4, 0.5) is 0 Å². The zero-order chi connectivity index (χ0) is 12.9. The van der Waals surface area contributed by atoms with Gasteiger partial charge < -0.3 is 15.1 Å². The van der Waals surface area contributed by atoms with Gasteiger partial charge in [-0.2, -0.15) is 0 Å². The first kappa shape index (κ1) is 15.4. The summed E-state index contributed by atoms with van der Waals surface area (Å²) in [5.41, 5.74) is 0.171. The maximum atomic E-state index is 11.6. The molecule has 0 aliphatic heterocycles. The largest absolute Gasteiger partial charge is 0.347 e. The maximum Gasteiger partial charge on any atom is 0.238 e. The van der Waals surface area contributed by atoms with Crippen molar-refractivity contribution in [3.8, 4) is 0 Å². The van der Waals surface area contributed by atoms with Crippen LogP contribution in [0, 0.1) is 5.41 Å². The van der Waals surface area contributed by atoms with Gasteiger partial charge in [-0.3, -0.25) is 4.79 Å². The van der Waals surface area contributed by atoms with Gasteiger partial charge in [0.15, 0.2) is 0 Å². The van der Waals surface area contributed by atoms with Crippen molar-refractivity contribution in [2.24, 2.45) is 5.41 Å². The first-order valence-electron chi connectivity index (χ1n) is 5.75. The zero-order valence-corrected chi connectivity index (χ0v) is 11.8. The van der Waals surface area contributed by atoms with E-state index in [1.54, 1.807) is 19.0 Å². The predicted molar refractivity (Wildman–Crippen MR) is 68.5 cm³/mol. The average Bonchev–Trinajstić information content (AvgIpc) is 2.10. The molecule has 0 aromatic rings. The fourth-order valence-corrected chi connectivity index (χ4v) is 1.82. The van der Waals surface area contributed by atoms with Gasteiger partial charge >= 0.3 is 0 Å². The van der Waals surface area contributed by atoms with E-state index >= 15 is 0 Å². The molecular formula is C12H27N3O. The minimum atomic E-state index is -0.114. The Bertz CT molecular complexity index is 224. The highest BCUT2D eigenvalue weighted by molar-refractivity contribution is 5.80. The van der Waals surface area contributed by atoms with Crippen molar-refractivity contribution in [1.29, 1.82) is 0 Å². The molecule has 1 N–H and O–H groups in total. The van der Waals surface area contributed by atoms with Gasteiger partial charge in [0.1, 0.15) is 0 Å². The van der Waals surface area contributed by atoms with Crippen LogP contribution in [-0.2, 0) is 4.79 Å². The van der Waals surface area contributed by atoms with Crippen LogP contribution in [0.1, 0.15) is 20.8 Å². The van der Waals surface area contributed by atoms with Crippen LogP contribution in [0.15, 0.2) is 0 Å². The number of amides is 1. The van der Waals surface area contributed by atoms with Crippen molar-refractivity contribution in [1.82, 2.24) is 15.1 Å². The van der Waals surface area contributed by atoms with E-state index in [2.05, 4.69) is 38.2 Å². The van der Waals surface area contributed by atoms with Gasteiger partial charge in [-0.25, -0.2) is 0 Å². The van der Waals surface area contributed by atoms with Crippen molar-refractivity contribution in [2.75, 3.05) is 41.3 Å². The van der Waals surface area contributed by atoms with Crippen LogP contribution in [0.25, 0.3) is 0 Å². The smallest absolute Gasteiger partial charge is 0.238 e. The molecule has 0 saturated heterocycles. The summed E-state index contributed by atoms with van der Waals surface area (Å²) in [5.74, 6) is 0.126. The number of carbonyl (C=O) groups is 1. The molecule has 16 heavy (non-hydrogen) atoms. The molecule has 0 fully saturated rings. The summed E-state index contributed by atoms with van der Waals surface area (Å²) in [6, 6.07) is -0.114. The van der Waals surface area contributed by atoms with Crippen molar-refractivity contribution >= 4 is 5.91 Å². The summed E-state index contributed by atoms with van der Waals surface area (Å²) in [6.07, 6.45) is 0. The van der Waals surface area contributed by atoms with Crippen molar-refractivity contribution in [2.45, 2.75) is 26.8 Å². The highest BCUT2D eigenvalue weighted by atomic mass is 16.2. The number of hydrogen-bond donors (Lipinski definition) is 1. The lowest BCUT2D eigenvalue weighted by atomic mass is 9.92. The van der Waals surface area contributed by atoms with Crippen LogP contribution < -0.4 is 5.32 Å². The minimum absolute atomic E-state index is 0.114. The molecule has 96 valence electrons. The molecule has 1 atom stereocenters. The maximum absolute atomic E-state index is 11.6. The van der Waals surface area contributed by atoms with Gasteiger partial charge in [0.05, 0.1) is 6.04 Å². The number of carbonyl (C=O) groups excluding carboxylic acids is 1. The van der Waals surface area contributed by atoms with Gasteiger partial charge in [-0.1, -0.05) is 13.8 Å². The second-order valence-corrected chi connectivity index (χ2v) is 5.74. The van der Waals surface area contributed by atoms with E-state index in [1.165, 1.54) is 0 Å². The van der Waals surface area contributed by atoms with Crippen LogP contribution in [0.5, 0.6) is 0 Å². The quantitative estimate of drug-likeness (QED) is 0.726. The second kappa shape index (κ2) is 6.21. The third kappa shape index (κ3) is 6.08. The molecule has 0 saturated carbocycles. The number of nitrogens with zero attached hydrogens (tertiary/aromatic N) is 2. The molecular weight excluding hydrogens is 202 g/mol. The van der Waals surface area contributed by atoms with E-state index < -0.39 is 0 Å². The van der Waals surface area contributed by atoms with E-state index in [9.17, 15) is 4.79 Å². The van der Waals surface area contributed by atoms with Gasteiger partial charge in [0.25, 0.3) is 0 Å². The molecule has 0 rings (SSSR count). The van der Waals surface area contributed by atoms with E-state index in [1.807, 2.05) is 6.92 Å². The Morgan fingerprint density at radius 3 is 2.12 bits per heavy atom. The predicted octanol–water partition coefficient (Wildman–Crippen LogP) is 0.641. The third-order valence-corrected chi connectivity index (χ3v) is 2.44. The molecule has 0 aromatic heterocycles. The number of likely N-dealkylation sites (N-methyl/N-ethyl adjacent to an activating group) is 1. The van der Waals surface area contributed by atoms with Crippen LogP contribution in [0.3, 0.4) is 0 Å². The van der Waals surface area contributed by atoms with Gasteiger partial charge in [-0.15, -0.1) is 0 Å².